The lowest BCUT2D eigenvalue weighted by molar-refractivity contribution is -0.117. The number of fused-ring (bicyclic) bond motifs is 1. The van der Waals surface area contributed by atoms with Gasteiger partial charge in [-0.25, -0.2) is 4.79 Å². The van der Waals surface area contributed by atoms with E-state index >= 15 is 0 Å². The van der Waals surface area contributed by atoms with Crippen LogP contribution in [-0.2, 0) is 16.1 Å². The van der Waals surface area contributed by atoms with Gasteiger partial charge in [0.1, 0.15) is 0 Å². The molecular weight excluding hydrogens is 360 g/mol. The van der Waals surface area contributed by atoms with E-state index in [-0.39, 0.29) is 24.8 Å². The van der Waals surface area contributed by atoms with Crippen molar-refractivity contribution in [2.24, 2.45) is 0 Å². The highest BCUT2D eigenvalue weighted by atomic mass is 16.2. The van der Waals surface area contributed by atoms with E-state index < -0.39 is 11.2 Å². The summed E-state index contributed by atoms with van der Waals surface area (Å²) >= 11 is 0. The first-order valence-electron chi connectivity index (χ1n) is 8.89. The molecule has 0 bridgehead atoms. The molecule has 144 valence electrons. The van der Waals surface area contributed by atoms with Gasteiger partial charge in [0.25, 0.3) is 5.56 Å². The molecule has 2 amide bonds. The smallest absolute Gasteiger partial charge is 0.326 e. The summed E-state index contributed by atoms with van der Waals surface area (Å²) in [4.78, 5) is 50.1. The Morgan fingerprint density at radius 1 is 0.964 bits per heavy atom. The minimum Gasteiger partial charge on any atom is -0.326 e. The highest BCUT2D eigenvalue weighted by molar-refractivity contribution is 5.94. The number of benzene rings is 2. The average Bonchev–Trinajstić information content (AvgIpc) is 2.68. The molecule has 1 heterocycles. The number of aromatic nitrogens is 2. The zero-order chi connectivity index (χ0) is 20.1. The highest BCUT2D eigenvalue weighted by Crippen LogP contribution is 2.16. The predicted octanol–water partition coefficient (Wildman–Crippen LogP) is 2.07. The van der Waals surface area contributed by atoms with Crippen molar-refractivity contribution < 1.29 is 9.59 Å². The molecule has 28 heavy (non-hydrogen) atoms. The summed E-state index contributed by atoms with van der Waals surface area (Å²) in [6.07, 6.45) is 0.403. The monoisotopic (exact) mass is 380 g/mol. The van der Waals surface area contributed by atoms with E-state index in [4.69, 9.17) is 0 Å². The maximum Gasteiger partial charge on any atom is 0.328 e. The second-order valence-electron chi connectivity index (χ2n) is 6.21. The van der Waals surface area contributed by atoms with E-state index in [1.165, 1.54) is 4.57 Å². The predicted molar refractivity (Wildman–Crippen MR) is 107 cm³/mol. The second-order valence-corrected chi connectivity index (χ2v) is 6.21. The van der Waals surface area contributed by atoms with Crippen LogP contribution in [0.25, 0.3) is 10.9 Å². The molecule has 0 saturated carbocycles. The number of nitrogens with one attached hydrogen (secondary N) is 3. The molecule has 0 atom stereocenters. The first-order valence-corrected chi connectivity index (χ1v) is 8.89. The van der Waals surface area contributed by atoms with Crippen LogP contribution in [0.15, 0.2) is 58.1 Å². The van der Waals surface area contributed by atoms with Crippen LogP contribution in [0.2, 0.25) is 0 Å². The largest absolute Gasteiger partial charge is 0.328 e. The molecule has 2 aromatic carbocycles. The van der Waals surface area contributed by atoms with Gasteiger partial charge in [-0.1, -0.05) is 25.1 Å². The van der Waals surface area contributed by atoms with Crippen molar-refractivity contribution in [2.45, 2.75) is 26.3 Å². The number of carbonyl (C=O) groups is 2. The van der Waals surface area contributed by atoms with Crippen LogP contribution >= 0.6 is 0 Å². The van der Waals surface area contributed by atoms with Crippen molar-refractivity contribution in [3.05, 3.63) is 69.4 Å². The van der Waals surface area contributed by atoms with Gasteiger partial charge in [0.05, 0.1) is 10.9 Å². The van der Waals surface area contributed by atoms with E-state index in [2.05, 4.69) is 15.6 Å². The van der Waals surface area contributed by atoms with Gasteiger partial charge < -0.3 is 10.6 Å². The zero-order valence-corrected chi connectivity index (χ0v) is 15.3. The molecule has 3 rings (SSSR count). The number of nitrogens with zero attached hydrogens (tertiary/aromatic N) is 1. The SMILES string of the molecule is CCC(=O)Nc1cccc(NC(=O)CCn2c(=O)[nH]c(=O)c3ccccc32)c1. The third-order valence-corrected chi connectivity index (χ3v) is 4.22. The van der Waals surface area contributed by atoms with Crippen LogP contribution in [0.3, 0.4) is 0 Å². The van der Waals surface area contributed by atoms with Crippen molar-refractivity contribution in [3.8, 4) is 0 Å². The van der Waals surface area contributed by atoms with E-state index in [1.807, 2.05) is 0 Å². The lowest BCUT2D eigenvalue weighted by Crippen LogP contribution is -2.31. The Bertz CT molecular complexity index is 1150. The lowest BCUT2D eigenvalue weighted by Gasteiger charge is -2.11. The van der Waals surface area contributed by atoms with E-state index in [0.29, 0.717) is 28.7 Å². The summed E-state index contributed by atoms with van der Waals surface area (Å²) in [6.45, 7) is 1.87. The van der Waals surface area contributed by atoms with E-state index in [9.17, 15) is 19.2 Å². The molecule has 3 N–H and O–H groups in total. The van der Waals surface area contributed by atoms with Gasteiger partial charge in [-0.15, -0.1) is 0 Å². The van der Waals surface area contributed by atoms with Crippen LogP contribution < -0.4 is 21.9 Å². The van der Waals surface area contributed by atoms with Crippen LogP contribution in [0, 0.1) is 0 Å². The van der Waals surface area contributed by atoms with Crippen molar-refractivity contribution in [1.82, 2.24) is 9.55 Å². The number of aryl methyl sites for hydroxylation is 1. The summed E-state index contributed by atoms with van der Waals surface area (Å²) < 4.78 is 1.37. The van der Waals surface area contributed by atoms with Crippen LogP contribution in [0.1, 0.15) is 19.8 Å². The number of anilines is 2. The fourth-order valence-corrected chi connectivity index (χ4v) is 2.83. The lowest BCUT2D eigenvalue weighted by atomic mass is 10.2. The molecular formula is C20H20N4O4. The number of aromatic amines is 1. The van der Waals surface area contributed by atoms with E-state index in [0.717, 1.165) is 0 Å². The number of rotatable bonds is 6. The molecule has 8 nitrogen and oxygen atoms in total. The molecule has 3 aromatic rings. The molecule has 0 spiro atoms. The van der Waals surface area contributed by atoms with Gasteiger partial charge in [-0.05, 0) is 30.3 Å². The van der Waals surface area contributed by atoms with Crippen LogP contribution in [0.4, 0.5) is 11.4 Å². The van der Waals surface area contributed by atoms with Crippen LogP contribution in [0.5, 0.6) is 0 Å². The topological polar surface area (TPSA) is 113 Å². The van der Waals surface area contributed by atoms with Gasteiger partial charge in [-0.3, -0.25) is 23.9 Å². The van der Waals surface area contributed by atoms with Gasteiger partial charge >= 0.3 is 5.69 Å². The minimum absolute atomic E-state index is 0.0431. The molecule has 8 heteroatoms. The number of hydrogen-bond donors (Lipinski definition) is 3. The summed E-state index contributed by atoms with van der Waals surface area (Å²) in [5, 5.41) is 5.86. The first kappa shape index (κ1) is 19.1. The van der Waals surface area contributed by atoms with Gasteiger partial charge in [0, 0.05) is 30.8 Å². The standard InChI is InChI=1S/C20H20N4O4/c1-2-17(25)21-13-6-5-7-14(12-13)22-18(26)10-11-24-16-9-4-3-8-15(16)19(27)23-20(24)28/h3-9,12H,2,10-11H2,1H3,(H,21,25)(H,22,26)(H,23,27,28). The van der Waals surface area contributed by atoms with Gasteiger partial charge in [-0.2, -0.15) is 0 Å². The highest BCUT2D eigenvalue weighted by Gasteiger charge is 2.10. The number of H-pyrrole nitrogens is 1. The van der Waals surface area contributed by atoms with Crippen molar-refractivity contribution >= 4 is 34.1 Å². The summed E-state index contributed by atoms with van der Waals surface area (Å²) in [5.41, 5.74) is 0.603. The minimum atomic E-state index is -0.555. The number of para-hydroxylation sites is 1. The molecule has 0 aliphatic rings. The molecule has 0 saturated heterocycles. The normalized spacial score (nSPS) is 10.6. The summed E-state index contributed by atoms with van der Waals surface area (Å²) in [6, 6.07) is 13.6. The Labute approximate surface area is 160 Å². The Hall–Kier alpha value is -3.68. The van der Waals surface area contributed by atoms with Crippen molar-refractivity contribution in [2.75, 3.05) is 10.6 Å². The van der Waals surface area contributed by atoms with Gasteiger partial charge in [0.15, 0.2) is 0 Å². The summed E-state index contributed by atoms with van der Waals surface area (Å²) in [7, 11) is 0. The molecule has 0 fully saturated rings. The Morgan fingerprint density at radius 2 is 1.64 bits per heavy atom. The van der Waals surface area contributed by atoms with Crippen molar-refractivity contribution in [1.29, 1.82) is 0 Å². The fraction of sp³-hybridized carbons (Fsp3) is 0.200. The van der Waals surface area contributed by atoms with Gasteiger partial charge in [0.2, 0.25) is 11.8 Å². The number of hydrogen-bond acceptors (Lipinski definition) is 4. The zero-order valence-electron chi connectivity index (χ0n) is 15.3. The molecule has 0 aliphatic carbocycles. The summed E-state index contributed by atoms with van der Waals surface area (Å²) in [5.74, 6) is -0.408. The molecule has 0 unspecified atom stereocenters. The third kappa shape index (κ3) is 4.35. The Morgan fingerprint density at radius 3 is 2.36 bits per heavy atom. The molecule has 0 radical (unpaired) electrons. The third-order valence-electron chi connectivity index (χ3n) is 4.22. The Kier molecular flexibility index (Phi) is 5.69. The maximum atomic E-state index is 12.3. The molecule has 0 aliphatic heterocycles. The van der Waals surface area contributed by atoms with Crippen molar-refractivity contribution in [3.63, 3.8) is 0 Å². The van der Waals surface area contributed by atoms with Crippen LogP contribution in [-0.4, -0.2) is 21.4 Å². The quantitative estimate of drug-likeness (QED) is 0.607. The maximum absolute atomic E-state index is 12.3. The molecule has 1 aromatic heterocycles. The number of amides is 2. The Balaban J connectivity index is 1.71. The fourth-order valence-electron chi connectivity index (χ4n) is 2.83. The second kappa shape index (κ2) is 8.34. The average molecular weight is 380 g/mol. The van der Waals surface area contributed by atoms with E-state index in [1.54, 1.807) is 55.5 Å². The first-order chi connectivity index (χ1) is 13.5. The number of carbonyl (C=O) groups excluding carboxylic acids is 2.